The SMILES string of the molecule is CC(C)c1ccc2c(c1)CCNC2(C)C. The van der Waals surface area contributed by atoms with Gasteiger partial charge in [-0.1, -0.05) is 32.0 Å². The molecule has 1 heterocycles. The highest BCUT2D eigenvalue weighted by atomic mass is 15.0. The van der Waals surface area contributed by atoms with Gasteiger partial charge in [0.05, 0.1) is 0 Å². The quantitative estimate of drug-likeness (QED) is 0.739. The van der Waals surface area contributed by atoms with Crippen molar-refractivity contribution in [1.82, 2.24) is 5.32 Å². The Morgan fingerprint density at radius 1 is 1.27 bits per heavy atom. The van der Waals surface area contributed by atoms with Crippen molar-refractivity contribution in [1.29, 1.82) is 0 Å². The van der Waals surface area contributed by atoms with Gasteiger partial charge in [0.2, 0.25) is 0 Å². The number of nitrogens with one attached hydrogen (secondary N) is 1. The van der Waals surface area contributed by atoms with Crippen molar-refractivity contribution in [3.8, 4) is 0 Å². The van der Waals surface area contributed by atoms with Crippen LogP contribution in [0.15, 0.2) is 18.2 Å². The highest BCUT2D eigenvalue weighted by Crippen LogP contribution is 2.30. The van der Waals surface area contributed by atoms with E-state index in [1.165, 1.54) is 23.1 Å². The van der Waals surface area contributed by atoms with Gasteiger partial charge in [0.1, 0.15) is 0 Å². The second kappa shape index (κ2) is 3.64. The number of hydrogen-bond donors (Lipinski definition) is 1. The Morgan fingerprint density at radius 3 is 2.67 bits per heavy atom. The largest absolute Gasteiger partial charge is 0.307 e. The zero-order valence-corrected chi connectivity index (χ0v) is 10.2. The molecule has 1 nitrogen and oxygen atoms in total. The molecule has 0 unspecified atom stereocenters. The van der Waals surface area contributed by atoms with Crippen LogP contribution in [0.5, 0.6) is 0 Å². The first kappa shape index (κ1) is 10.7. The summed E-state index contributed by atoms with van der Waals surface area (Å²) in [5.41, 5.74) is 4.61. The third kappa shape index (κ3) is 1.93. The molecule has 82 valence electrons. The molecule has 1 aliphatic heterocycles. The first-order valence-corrected chi connectivity index (χ1v) is 5.89. The molecular formula is C14H21N. The minimum Gasteiger partial charge on any atom is -0.307 e. The Hall–Kier alpha value is -0.820. The van der Waals surface area contributed by atoms with Crippen LogP contribution in [0.1, 0.15) is 50.3 Å². The standard InChI is InChI=1S/C14H21N/c1-10(2)11-5-6-13-12(9-11)7-8-15-14(13,3)4/h5-6,9-10,15H,7-8H2,1-4H3. The summed E-state index contributed by atoms with van der Waals surface area (Å²) in [7, 11) is 0. The lowest BCUT2D eigenvalue weighted by Gasteiger charge is -2.34. The number of fused-ring (bicyclic) bond motifs is 1. The van der Waals surface area contributed by atoms with Crippen molar-refractivity contribution in [2.45, 2.75) is 45.6 Å². The van der Waals surface area contributed by atoms with Gasteiger partial charge in [0.15, 0.2) is 0 Å². The van der Waals surface area contributed by atoms with Gasteiger partial charge in [-0.05, 0) is 49.4 Å². The number of rotatable bonds is 1. The molecule has 0 spiro atoms. The van der Waals surface area contributed by atoms with Crippen LogP contribution >= 0.6 is 0 Å². The Bertz CT molecular complexity index is 364. The van der Waals surface area contributed by atoms with Gasteiger partial charge in [0.25, 0.3) is 0 Å². The number of hydrogen-bond acceptors (Lipinski definition) is 1. The second-order valence-corrected chi connectivity index (χ2v) is 5.37. The minimum atomic E-state index is 0.142. The van der Waals surface area contributed by atoms with Crippen molar-refractivity contribution in [3.05, 3.63) is 34.9 Å². The summed E-state index contributed by atoms with van der Waals surface area (Å²) in [6.07, 6.45) is 1.17. The Kier molecular flexibility index (Phi) is 2.59. The van der Waals surface area contributed by atoms with Crippen molar-refractivity contribution in [2.75, 3.05) is 6.54 Å². The highest BCUT2D eigenvalue weighted by Gasteiger charge is 2.26. The molecule has 0 bridgehead atoms. The fourth-order valence-corrected chi connectivity index (χ4v) is 2.39. The molecule has 0 aliphatic carbocycles. The van der Waals surface area contributed by atoms with E-state index in [4.69, 9.17) is 0 Å². The smallest absolute Gasteiger partial charge is 0.0380 e. The monoisotopic (exact) mass is 203 g/mol. The maximum Gasteiger partial charge on any atom is 0.0380 e. The molecule has 0 fully saturated rings. The van der Waals surface area contributed by atoms with E-state index < -0.39 is 0 Å². The summed E-state index contributed by atoms with van der Waals surface area (Å²) in [6.45, 7) is 10.1. The van der Waals surface area contributed by atoms with Crippen molar-refractivity contribution in [2.24, 2.45) is 0 Å². The predicted molar refractivity (Wildman–Crippen MR) is 65.3 cm³/mol. The Balaban J connectivity index is 2.45. The van der Waals surface area contributed by atoms with Gasteiger partial charge in [-0.25, -0.2) is 0 Å². The van der Waals surface area contributed by atoms with Crippen LogP contribution in [-0.2, 0) is 12.0 Å². The molecular weight excluding hydrogens is 182 g/mol. The molecule has 1 heteroatoms. The summed E-state index contributed by atoms with van der Waals surface area (Å²) >= 11 is 0. The van der Waals surface area contributed by atoms with Gasteiger partial charge < -0.3 is 5.32 Å². The zero-order chi connectivity index (χ0) is 11.1. The molecule has 1 aliphatic rings. The first-order chi connectivity index (χ1) is 7.00. The van der Waals surface area contributed by atoms with Crippen LogP contribution in [0.3, 0.4) is 0 Å². The average molecular weight is 203 g/mol. The van der Waals surface area contributed by atoms with Crippen molar-refractivity contribution >= 4 is 0 Å². The number of benzene rings is 1. The summed E-state index contributed by atoms with van der Waals surface area (Å²) in [5.74, 6) is 0.633. The Morgan fingerprint density at radius 2 is 2.00 bits per heavy atom. The van der Waals surface area contributed by atoms with Crippen molar-refractivity contribution in [3.63, 3.8) is 0 Å². The van der Waals surface area contributed by atoms with E-state index in [9.17, 15) is 0 Å². The van der Waals surface area contributed by atoms with Crippen LogP contribution in [0, 0.1) is 0 Å². The van der Waals surface area contributed by atoms with Crippen LogP contribution < -0.4 is 5.32 Å². The van der Waals surface area contributed by atoms with Crippen molar-refractivity contribution < 1.29 is 0 Å². The molecule has 1 aromatic rings. The van der Waals surface area contributed by atoms with Gasteiger partial charge in [-0.3, -0.25) is 0 Å². The molecule has 0 atom stereocenters. The van der Waals surface area contributed by atoms with E-state index in [1.54, 1.807) is 0 Å². The van der Waals surface area contributed by atoms with Gasteiger partial charge in [-0.15, -0.1) is 0 Å². The lowest BCUT2D eigenvalue weighted by Crippen LogP contribution is -2.42. The molecule has 0 amide bonds. The van der Waals surface area contributed by atoms with E-state index in [0.29, 0.717) is 5.92 Å². The molecule has 2 rings (SSSR count). The van der Waals surface area contributed by atoms with E-state index in [0.717, 1.165) is 6.54 Å². The molecule has 1 aromatic carbocycles. The molecule has 0 saturated heterocycles. The Labute approximate surface area is 92.9 Å². The normalized spacial score (nSPS) is 19.0. The lowest BCUT2D eigenvalue weighted by atomic mass is 9.83. The van der Waals surface area contributed by atoms with E-state index in [-0.39, 0.29) is 5.54 Å². The maximum absolute atomic E-state index is 3.56. The minimum absolute atomic E-state index is 0.142. The third-order valence-corrected chi connectivity index (χ3v) is 3.43. The van der Waals surface area contributed by atoms with Crippen LogP contribution in [0.2, 0.25) is 0 Å². The van der Waals surface area contributed by atoms with Crippen LogP contribution in [0.25, 0.3) is 0 Å². The summed E-state index contributed by atoms with van der Waals surface area (Å²) in [5, 5.41) is 3.56. The molecule has 0 radical (unpaired) electrons. The summed E-state index contributed by atoms with van der Waals surface area (Å²) < 4.78 is 0. The summed E-state index contributed by atoms with van der Waals surface area (Å²) in [4.78, 5) is 0. The highest BCUT2D eigenvalue weighted by molar-refractivity contribution is 5.39. The third-order valence-electron chi connectivity index (χ3n) is 3.43. The van der Waals surface area contributed by atoms with Crippen LogP contribution in [-0.4, -0.2) is 6.54 Å². The first-order valence-electron chi connectivity index (χ1n) is 5.89. The fourth-order valence-electron chi connectivity index (χ4n) is 2.39. The summed E-state index contributed by atoms with van der Waals surface area (Å²) in [6, 6.07) is 6.97. The lowest BCUT2D eigenvalue weighted by molar-refractivity contribution is 0.382. The fraction of sp³-hybridized carbons (Fsp3) is 0.571. The van der Waals surface area contributed by atoms with E-state index in [2.05, 4.69) is 51.2 Å². The molecule has 1 N–H and O–H groups in total. The van der Waals surface area contributed by atoms with Gasteiger partial charge in [0, 0.05) is 5.54 Å². The van der Waals surface area contributed by atoms with Gasteiger partial charge >= 0.3 is 0 Å². The average Bonchev–Trinajstić information content (AvgIpc) is 2.16. The van der Waals surface area contributed by atoms with E-state index in [1.807, 2.05) is 0 Å². The van der Waals surface area contributed by atoms with E-state index >= 15 is 0 Å². The molecule has 0 saturated carbocycles. The van der Waals surface area contributed by atoms with Crippen LogP contribution in [0.4, 0.5) is 0 Å². The van der Waals surface area contributed by atoms with Gasteiger partial charge in [-0.2, -0.15) is 0 Å². The maximum atomic E-state index is 3.56. The molecule has 0 aromatic heterocycles. The zero-order valence-electron chi connectivity index (χ0n) is 10.2. The molecule has 15 heavy (non-hydrogen) atoms. The second-order valence-electron chi connectivity index (χ2n) is 5.37. The topological polar surface area (TPSA) is 12.0 Å². The predicted octanol–water partition coefficient (Wildman–Crippen LogP) is 3.19.